The van der Waals surface area contributed by atoms with Crippen molar-refractivity contribution in [3.8, 4) is 0 Å². The van der Waals surface area contributed by atoms with E-state index in [1.54, 1.807) is 0 Å². The van der Waals surface area contributed by atoms with Crippen LogP contribution in [0.1, 0.15) is 20.3 Å². The van der Waals surface area contributed by atoms with Gasteiger partial charge in [-0.3, -0.25) is 4.79 Å². The molecule has 2 unspecified atom stereocenters. The molecule has 1 aliphatic rings. The van der Waals surface area contributed by atoms with E-state index in [0.29, 0.717) is 12.0 Å². The molecule has 1 amide bonds. The lowest BCUT2D eigenvalue weighted by atomic mass is 9.88. The Labute approximate surface area is 67.9 Å². The number of hydrogen-bond donors (Lipinski definition) is 0. The van der Waals surface area contributed by atoms with Gasteiger partial charge in [0.15, 0.2) is 0 Å². The monoisotopic (exact) mass is 153 g/mol. The SMILES string of the molecule is C=CC(=O)N1CC(C)C1CC. The van der Waals surface area contributed by atoms with Crippen LogP contribution in [0.2, 0.25) is 0 Å². The van der Waals surface area contributed by atoms with E-state index in [2.05, 4.69) is 20.4 Å². The number of hydrogen-bond acceptors (Lipinski definition) is 1. The van der Waals surface area contributed by atoms with Gasteiger partial charge in [0.25, 0.3) is 0 Å². The Balaban J connectivity index is 2.50. The van der Waals surface area contributed by atoms with Gasteiger partial charge in [-0.15, -0.1) is 0 Å². The van der Waals surface area contributed by atoms with Gasteiger partial charge in [-0.2, -0.15) is 0 Å². The fourth-order valence-corrected chi connectivity index (χ4v) is 1.73. The number of likely N-dealkylation sites (tertiary alicyclic amines) is 1. The summed E-state index contributed by atoms with van der Waals surface area (Å²) in [5.41, 5.74) is 0. The van der Waals surface area contributed by atoms with Gasteiger partial charge in [-0.05, 0) is 18.4 Å². The molecule has 1 fully saturated rings. The molecule has 0 aromatic heterocycles. The van der Waals surface area contributed by atoms with Crippen LogP contribution in [0, 0.1) is 5.92 Å². The highest BCUT2D eigenvalue weighted by Gasteiger charge is 2.35. The molecule has 0 aromatic rings. The summed E-state index contributed by atoms with van der Waals surface area (Å²) in [6.45, 7) is 8.67. The zero-order valence-corrected chi connectivity index (χ0v) is 7.21. The minimum Gasteiger partial charge on any atom is -0.336 e. The van der Waals surface area contributed by atoms with Crippen molar-refractivity contribution in [2.75, 3.05) is 6.54 Å². The maximum atomic E-state index is 11.1. The molecule has 62 valence electrons. The van der Waals surface area contributed by atoms with Crippen molar-refractivity contribution in [3.05, 3.63) is 12.7 Å². The molecule has 0 saturated carbocycles. The third-order valence-corrected chi connectivity index (χ3v) is 2.42. The van der Waals surface area contributed by atoms with Crippen LogP contribution in [0.3, 0.4) is 0 Å². The van der Waals surface area contributed by atoms with Gasteiger partial charge in [-0.1, -0.05) is 20.4 Å². The summed E-state index contributed by atoms with van der Waals surface area (Å²) in [4.78, 5) is 13.0. The van der Waals surface area contributed by atoms with Crippen molar-refractivity contribution < 1.29 is 4.79 Å². The summed E-state index contributed by atoms with van der Waals surface area (Å²) in [6, 6.07) is 0.459. The maximum Gasteiger partial charge on any atom is 0.246 e. The first-order chi connectivity index (χ1) is 5.20. The molecule has 0 radical (unpaired) electrons. The second kappa shape index (κ2) is 3.07. The molecule has 1 aliphatic heterocycles. The van der Waals surface area contributed by atoms with Gasteiger partial charge in [0.1, 0.15) is 0 Å². The lowest BCUT2D eigenvalue weighted by molar-refractivity contribution is -0.137. The van der Waals surface area contributed by atoms with E-state index < -0.39 is 0 Å². The van der Waals surface area contributed by atoms with Crippen molar-refractivity contribution in [3.63, 3.8) is 0 Å². The number of amides is 1. The summed E-state index contributed by atoms with van der Waals surface area (Å²) >= 11 is 0. The Morgan fingerprint density at radius 1 is 1.82 bits per heavy atom. The molecule has 0 N–H and O–H groups in total. The molecule has 0 bridgehead atoms. The Kier molecular flexibility index (Phi) is 2.32. The van der Waals surface area contributed by atoms with E-state index in [-0.39, 0.29) is 5.91 Å². The quantitative estimate of drug-likeness (QED) is 0.549. The lowest BCUT2D eigenvalue weighted by Crippen LogP contribution is -2.56. The third-order valence-electron chi connectivity index (χ3n) is 2.42. The van der Waals surface area contributed by atoms with Crippen molar-refractivity contribution in [2.45, 2.75) is 26.3 Å². The predicted molar refractivity (Wildman–Crippen MR) is 45.2 cm³/mol. The van der Waals surface area contributed by atoms with Crippen LogP contribution in [-0.2, 0) is 4.79 Å². The Morgan fingerprint density at radius 2 is 2.45 bits per heavy atom. The summed E-state index contributed by atoms with van der Waals surface area (Å²) in [6.07, 6.45) is 2.45. The zero-order chi connectivity index (χ0) is 8.43. The summed E-state index contributed by atoms with van der Waals surface area (Å²) in [5.74, 6) is 0.749. The summed E-state index contributed by atoms with van der Waals surface area (Å²) < 4.78 is 0. The molecular formula is C9H15NO. The predicted octanol–water partition coefficient (Wildman–Crippen LogP) is 1.43. The molecule has 11 heavy (non-hydrogen) atoms. The van der Waals surface area contributed by atoms with Crippen molar-refractivity contribution in [1.82, 2.24) is 4.90 Å². The highest BCUT2D eigenvalue weighted by molar-refractivity contribution is 5.87. The standard InChI is InChI=1S/C9H15NO/c1-4-8-7(3)6-10(8)9(11)5-2/h5,7-8H,2,4,6H2,1,3H3. The Hall–Kier alpha value is -0.790. The van der Waals surface area contributed by atoms with Gasteiger partial charge in [0.05, 0.1) is 0 Å². The first kappa shape index (κ1) is 8.31. The second-order valence-corrected chi connectivity index (χ2v) is 3.15. The average molecular weight is 153 g/mol. The van der Waals surface area contributed by atoms with E-state index in [9.17, 15) is 4.79 Å². The summed E-state index contributed by atoms with van der Waals surface area (Å²) in [7, 11) is 0. The Bertz CT molecular complexity index is 176. The van der Waals surface area contributed by atoms with Crippen LogP contribution in [-0.4, -0.2) is 23.4 Å². The summed E-state index contributed by atoms with van der Waals surface area (Å²) in [5, 5.41) is 0. The van der Waals surface area contributed by atoms with Crippen LogP contribution < -0.4 is 0 Å². The van der Waals surface area contributed by atoms with Gasteiger partial charge < -0.3 is 4.90 Å². The first-order valence-corrected chi connectivity index (χ1v) is 4.13. The fourth-order valence-electron chi connectivity index (χ4n) is 1.73. The second-order valence-electron chi connectivity index (χ2n) is 3.15. The smallest absolute Gasteiger partial charge is 0.246 e. The molecule has 2 atom stereocenters. The molecule has 1 saturated heterocycles. The van der Waals surface area contributed by atoms with E-state index >= 15 is 0 Å². The van der Waals surface area contributed by atoms with Crippen molar-refractivity contribution in [1.29, 1.82) is 0 Å². The van der Waals surface area contributed by atoms with Crippen LogP contribution in [0.25, 0.3) is 0 Å². The topological polar surface area (TPSA) is 20.3 Å². The average Bonchev–Trinajstić information content (AvgIpc) is 1.99. The van der Waals surface area contributed by atoms with Crippen LogP contribution in [0.5, 0.6) is 0 Å². The fraction of sp³-hybridized carbons (Fsp3) is 0.667. The van der Waals surface area contributed by atoms with Crippen LogP contribution in [0.4, 0.5) is 0 Å². The largest absolute Gasteiger partial charge is 0.336 e. The van der Waals surface area contributed by atoms with Crippen LogP contribution in [0.15, 0.2) is 12.7 Å². The van der Waals surface area contributed by atoms with E-state index in [1.807, 2.05) is 4.90 Å². The first-order valence-electron chi connectivity index (χ1n) is 4.13. The van der Waals surface area contributed by atoms with Gasteiger partial charge in [-0.25, -0.2) is 0 Å². The molecule has 2 nitrogen and oxygen atoms in total. The van der Waals surface area contributed by atoms with Crippen molar-refractivity contribution >= 4 is 5.91 Å². The Morgan fingerprint density at radius 3 is 2.82 bits per heavy atom. The number of nitrogens with zero attached hydrogens (tertiary/aromatic N) is 1. The molecular weight excluding hydrogens is 138 g/mol. The normalized spacial score (nSPS) is 29.5. The number of rotatable bonds is 2. The van der Waals surface area contributed by atoms with E-state index in [1.165, 1.54) is 6.08 Å². The highest BCUT2D eigenvalue weighted by Crippen LogP contribution is 2.26. The maximum absolute atomic E-state index is 11.1. The molecule has 0 aromatic carbocycles. The van der Waals surface area contributed by atoms with Crippen LogP contribution >= 0.6 is 0 Å². The molecule has 0 spiro atoms. The van der Waals surface area contributed by atoms with Gasteiger partial charge in [0.2, 0.25) is 5.91 Å². The molecule has 0 aliphatic carbocycles. The third kappa shape index (κ3) is 1.30. The minimum atomic E-state index is 0.0787. The molecule has 1 heterocycles. The lowest BCUT2D eigenvalue weighted by Gasteiger charge is -2.46. The van der Waals surface area contributed by atoms with Crippen molar-refractivity contribution in [2.24, 2.45) is 5.92 Å². The highest BCUT2D eigenvalue weighted by atomic mass is 16.2. The number of carbonyl (C=O) groups excluding carboxylic acids is 1. The number of carbonyl (C=O) groups is 1. The molecule has 2 heteroatoms. The van der Waals surface area contributed by atoms with Gasteiger partial charge >= 0.3 is 0 Å². The van der Waals surface area contributed by atoms with E-state index in [4.69, 9.17) is 0 Å². The van der Waals surface area contributed by atoms with E-state index in [0.717, 1.165) is 13.0 Å². The zero-order valence-electron chi connectivity index (χ0n) is 7.21. The minimum absolute atomic E-state index is 0.0787. The molecule has 1 rings (SSSR count). The van der Waals surface area contributed by atoms with Gasteiger partial charge in [0, 0.05) is 12.6 Å².